The highest BCUT2D eigenvalue weighted by Crippen LogP contribution is 2.24. The van der Waals surface area contributed by atoms with Crippen LogP contribution in [-0.2, 0) is 4.74 Å². The fraction of sp³-hybridized carbons (Fsp3) is 0.789. The summed E-state index contributed by atoms with van der Waals surface area (Å²) in [4.78, 5) is 16.5. The smallest absolute Gasteiger partial charge is 0.134 e. The molecule has 138 valence electrons. The molecule has 4 rings (SSSR count). The summed E-state index contributed by atoms with van der Waals surface area (Å²) in [7, 11) is 0. The lowest BCUT2D eigenvalue weighted by atomic mass is 10.0. The molecule has 0 radical (unpaired) electrons. The van der Waals surface area contributed by atoms with Crippen LogP contribution in [0.4, 0.5) is 11.6 Å². The summed E-state index contributed by atoms with van der Waals surface area (Å²) < 4.78 is 5.51. The van der Waals surface area contributed by atoms with Gasteiger partial charge in [0.05, 0.1) is 6.61 Å². The molecule has 0 aromatic carbocycles. The van der Waals surface area contributed by atoms with E-state index in [-0.39, 0.29) is 0 Å². The second-order valence-electron chi connectivity index (χ2n) is 7.95. The molecule has 1 aromatic rings. The van der Waals surface area contributed by atoms with Crippen molar-refractivity contribution in [1.29, 1.82) is 0 Å². The SMILES string of the molecule is CC1CCCN(c2cc(N3CCN(CC4CCOC4)CC3)ncn2)C1. The number of piperazine rings is 1. The topological polar surface area (TPSA) is 44.7 Å². The summed E-state index contributed by atoms with van der Waals surface area (Å²) in [6.07, 6.45) is 5.57. The molecule has 3 saturated heterocycles. The Morgan fingerprint density at radius 2 is 1.84 bits per heavy atom. The monoisotopic (exact) mass is 345 g/mol. The van der Waals surface area contributed by atoms with Crippen molar-refractivity contribution >= 4 is 11.6 Å². The van der Waals surface area contributed by atoms with Crippen molar-refractivity contribution in [3.63, 3.8) is 0 Å². The van der Waals surface area contributed by atoms with Crippen LogP contribution in [0.15, 0.2) is 12.4 Å². The molecule has 3 aliphatic rings. The Kier molecular flexibility index (Phi) is 5.36. The predicted molar refractivity (Wildman–Crippen MR) is 100 cm³/mol. The van der Waals surface area contributed by atoms with Crippen LogP contribution in [0.2, 0.25) is 0 Å². The van der Waals surface area contributed by atoms with Gasteiger partial charge in [0, 0.05) is 58.5 Å². The molecular weight excluding hydrogens is 314 g/mol. The van der Waals surface area contributed by atoms with E-state index in [4.69, 9.17) is 4.74 Å². The van der Waals surface area contributed by atoms with Gasteiger partial charge in [-0.3, -0.25) is 4.90 Å². The molecule has 2 atom stereocenters. The number of aromatic nitrogens is 2. The van der Waals surface area contributed by atoms with Crippen LogP contribution >= 0.6 is 0 Å². The van der Waals surface area contributed by atoms with Gasteiger partial charge in [-0.15, -0.1) is 0 Å². The quantitative estimate of drug-likeness (QED) is 0.830. The maximum atomic E-state index is 5.51. The first-order valence-corrected chi connectivity index (χ1v) is 9.90. The molecule has 0 bridgehead atoms. The van der Waals surface area contributed by atoms with Crippen LogP contribution < -0.4 is 9.80 Å². The lowest BCUT2D eigenvalue weighted by Crippen LogP contribution is -2.48. The van der Waals surface area contributed by atoms with Crippen molar-refractivity contribution in [2.75, 3.05) is 68.8 Å². The summed E-state index contributed by atoms with van der Waals surface area (Å²) in [6.45, 7) is 12.0. The highest BCUT2D eigenvalue weighted by atomic mass is 16.5. The molecule has 0 amide bonds. The molecule has 2 unspecified atom stereocenters. The molecular formula is C19H31N5O. The number of rotatable bonds is 4. The number of nitrogens with zero attached hydrogens (tertiary/aromatic N) is 5. The zero-order valence-electron chi connectivity index (χ0n) is 15.4. The standard InChI is InChI=1S/C19H31N5O/c1-16-3-2-5-24(12-16)19-11-18(20-15-21-19)23-8-6-22(7-9-23)13-17-4-10-25-14-17/h11,15-17H,2-10,12-14H2,1H3. The molecule has 6 nitrogen and oxygen atoms in total. The number of anilines is 2. The van der Waals surface area contributed by atoms with Crippen LogP contribution in [0.25, 0.3) is 0 Å². The Hall–Kier alpha value is -1.40. The lowest BCUT2D eigenvalue weighted by molar-refractivity contribution is 0.164. The van der Waals surface area contributed by atoms with Gasteiger partial charge in [0.15, 0.2) is 0 Å². The third-order valence-corrected chi connectivity index (χ3v) is 5.86. The normalized spacial score (nSPS) is 28.5. The average molecular weight is 345 g/mol. The van der Waals surface area contributed by atoms with Gasteiger partial charge >= 0.3 is 0 Å². The van der Waals surface area contributed by atoms with Crippen LogP contribution in [0.5, 0.6) is 0 Å². The van der Waals surface area contributed by atoms with E-state index in [0.29, 0.717) is 0 Å². The summed E-state index contributed by atoms with van der Waals surface area (Å²) in [6, 6.07) is 2.19. The lowest BCUT2D eigenvalue weighted by Gasteiger charge is -2.37. The molecule has 3 fully saturated rings. The fourth-order valence-corrected chi connectivity index (χ4v) is 4.33. The highest BCUT2D eigenvalue weighted by Gasteiger charge is 2.24. The molecule has 1 aromatic heterocycles. The second-order valence-corrected chi connectivity index (χ2v) is 7.95. The second kappa shape index (κ2) is 7.87. The number of piperidine rings is 1. The van der Waals surface area contributed by atoms with E-state index in [1.165, 1.54) is 25.8 Å². The molecule has 0 N–H and O–H groups in total. The van der Waals surface area contributed by atoms with Crippen LogP contribution in [-0.4, -0.2) is 73.9 Å². The largest absolute Gasteiger partial charge is 0.381 e. The Balaban J connectivity index is 1.34. The van der Waals surface area contributed by atoms with E-state index in [1.807, 2.05) is 0 Å². The van der Waals surface area contributed by atoms with Crippen LogP contribution in [0.1, 0.15) is 26.2 Å². The van der Waals surface area contributed by atoms with Gasteiger partial charge in [0.1, 0.15) is 18.0 Å². The third-order valence-electron chi connectivity index (χ3n) is 5.86. The first-order chi connectivity index (χ1) is 12.3. The summed E-state index contributed by atoms with van der Waals surface area (Å²) in [5.41, 5.74) is 0. The Bertz CT molecular complexity index is 555. The van der Waals surface area contributed by atoms with Gasteiger partial charge in [0.25, 0.3) is 0 Å². The zero-order valence-corrected chi connectivity index (χ0v) is 15.4. The first kappa shape index (κ1) is 17.0. The zero-order chi connectivity index (χ0) is 17.1. The summed E-state index contributed by atoms with van der Waals surface area (Å²) in [5.74, 6) is 3.68. The van der Waals surface area contributed by atoms with E-state index in [0.717, 1.165) is 76.0 Å². The molecule has 4 heterocycles. The van der Waals surface area contributed by atoms with Crippen LogP contribution in [0.3, 0.4) is 0 Å². The van der Waals surface area contributed by atoms with Crippen molar-refractivity contribution in [2.24, 2.45) is 11.8 Å². The van der Waals surface area contributed by atoms with E-state index >= 15 is 0 Å². The summed E-state index contributed by atoms with van der Waals surface area (Å²) >= 11 is 0. The van der Waals surface area contributed by atoms with Crippen molar-refractivity contribution in [3.05, 3.63) is 12.4 Å². The highest BCUT2D eigenvalue weighted by molar-refractivity contribution is 5.50. The average Bonchev–Trinajstić information content (AvgIpc) is 3.16. The minimum absolute atomic E-state index is 0.735. The Labute approximate surface area is 151 Å². The van der Waals surface area contributed by atoms with E-state index in [2.05, 4.69) is 37.7 Å². The van der Waals surface area contributed by atoms with E-state index < -0.39 is 0 Å². The van der Waals surface area contributed by atoms with Crippen molar-refractivity contribution < 1.29 is 4.74 Å². The van der Waals surface area contributed by atoms with Gasteiger partial charge in [-0.25, -0.2) is 9.97 Å². The Morgan fingerprint density at radius 1 is 1.04 bits per heavy atom. The number of hydrogen-bond donors (Lipinski definition) is 0. The van der Waals surface area contributed by atoms with Crippen molar-refractivity contribution in [3.8, 4) is 0 Å². The predicted octanol–water partition coefficient (Wildman–Crippen LogP) is 1.87. The Morgan fingerprint density at radius 3 is 2.56 bits per heavy atom. The van der Waals surface area contributed by atoms with Gasteiger partial charge < -0.3 is 14.5 Å². The molecule has 0 aliphatic carbocycles. The van der Waals surface area contributed by atoms with Crippen molar-refractivity contribution in [1.82, 2.24) is 14.9 Å². The van der Waals surface area contributed by atoms with Crippen LogP contribution in [0, 0.1) is 11.8 Å². The molecule has 3 aliphatic heterocycles. The van der Waals surface area contributed by atoms with Gasteiger partial charge in [-0.2, -0.15) is 0 Å². The first-order valence-electron chi connectivity index (χ1n) is 9.90. The summed E-state index contributed by atoms with van der Waals surface area (Å²) in [5, 5.41) is 0. The van der Waals surface area contributed by atoms with Crippen molar-refractivity contribution in [2.45, 2.75) is 26.2 Å². The van der Waals surface area contributed by atoms with E-state index in [9.17, 15) is 0 Å². The third kappa shape index (κ3) is 4.23. The molecule has 6 heteroatoms. The molecule has 0 saturated carbocycles. The van der Waals surface area contributed by atoms with Gasteiger partial charge in [-0.05, 0) is 31.1 Å². The molecule has 0 spiro atoms. The minimum Gasteiger partial charge on any atom is -0.381 e. The fourth-order valence-electron chi connectivity index (χ4n) is 4.33. The number of hydrogen-bond acceptors (Lipinski definition) is 6. The van der Waals surface area contributed by atoms with Gasteiger partial charge in [0.2, 0.25) is 0 Å². The maximum Gasteiger partial charge on any atom is 0.134 e. The van der Waals surface area contributed by atoms with Gasteiger partial charge in [-0.1, -0.05) is 6.92 Å². The van der Waals surface area contributed by atoms with E-state index in [1.54, 1.807) is 6.33 Å². The maximum absolute atomic E-state index is 5.51. The molecule has 25 heavy (non-hydrogen) atoms. The minimum atomic E-state index is 0.735. The number of ether oxygens (including phenoxy) is 1.